The molecule has 0 spiro atoms. The fourth-order valence-corrected chi connectivity index (χ4v) is 2.92. The fourth-order valence-electron chi connectivity index (χ4n) is 2.92. The number of nitrogens with one attached hydrogen (secondary N) is 1. The number of fused-ring (bicyclic) bond motifs is 1. The van der Waals surface area contributed by atoms with E-state index in [4.69, 9.17) is 0 Å². The molecule has 0 bridgehead atoms. The van der Waals surface area contributed by atoms with Gasteiger partial charge in [0.15, 0.2) is 5.65 Å². The first-order valence-corrected chi connectivity index (χ1v) is 8.38. The Kier molecular flexibility index (Phi) is 5.02. The highest BCUT2D eigenvalue weighted by Crippen LogP contribution is 2.16. The molecular weight excluding hydrogens is 316 g/mol. The van der Waals surface area contributed by atoms with Gasteiger partial charge in [0.2, 0.25) is 5.91 Å². The van der Waals surface area contributed by atoms with Crippen molar-refractivity contribution in [2.45, 2.75) is 40.0 Å². The van der Waals surface area contributed by atoms with E-state index in [1.165, 1.54) is 0 Å². The molecule has 0 atom stereocenters. The quantitative estimate of drug-likeness (QED) is 0.740. The third-order valence-electron chi connectivity index (χ3n) is 4.21. The monoisotopic (exact) mass is 338 g/mol. The predicted molar refractivity (Wildman–Crippen MR) is 94.3 cm³/mol. The Balaban J connectivity index is 1.57. The third-order valence-corrected chi connectivity index (χ3v) is 4.21. The van der Waals surface area contributed by atoms with Crippen LogP contribution >= 0.6 is 0 Å². The van der Waals surface area contributed by atoms with Crippen molar-refractivity contribution >= 4 is 11.6 Å². The average molecular weight is 338 g/mol. The highest BCUT2D eigenvalue weighted by Gasteiger charge is 2.12. The van der Waals surface area contributed by atoms with Crippen molar-refractivity contribution in [3.05, 3.63) is 53.0 Å². The van der Waals surface area contributed by atoms with Crippen LogP contribution in [0.3, 0.4) is 0 Å². The van der Waals surface area contributed by atoms with E-state index in [9.17, 15) is 4.79 Å². The van der Waals surface area contributed by atoms with Crippen molar-refractivity contribution in [1.29, 1.82) is 0 Å². The molecule has 0 radical (unpaired) electrons. The van der Waals surface area contributed by atoms with Crippen LogP contribution in [-0.2, 0) is 17.6 Å². The maximum Gasteiger partial charge on any atom is 0.220 e. The Morgan fingerprint density at radius 1 is 1.20 bits per heavy atom. The minimum atomic E-state index is 0.0273. The number of amides is 1. The van der Waals surface area contributed by atoms with Crippen LogP contribution in [-0.4, -0.2) is 37.0 Å². The first-order valence-electron chi connectivity index (χ1n) is 8.38. The van der Waals surface area contributed by atoms with Crippen molar-refractivity contribution in [3.63, 3.8) is 0 Å². The topological polar surface area (TPSA) is 85.1 Å². The summed E-state index contributed by atoms with van der Waals surface area (Å²) in [5.41, 5.74) is 5.75. The van der Waals surface area contributed by atoms with Crippen LogP contribution in [0.4, 0.5) is 0 Å². The molecule has 0 unspecified atom stereocenters. The molecule has 0 aliphatic rings. The number of rotatable bonds is 6. The summed E-state index contributed by atoms with van der Waals surface area (Å²) in [5.74, 6) is 0.0273. The minimum Gasteiger partial charge on any atom is -0.356 e. The summed E-state index contributed by atoms with van der Waals surface area (Å²) in [7, 11) is 0. The molecule has 0 aliphatic heterocycles. The Hall–Kier alpha value is -2.83. The molecule has 1 N–H and O–H groups in total. The molecule has 0 aliphatic carbocycles. The Labute approximate surface area is 146 Å². The lowest BCUT2D eigenvalue weighted by Crippen LogP contribution is -2.26. The van der Waals surface area contributed by atoms with E-state index in [1.807, 2.05) is 31.4 Å². The van der Waals surface area contributed by atoms with Crippen LogP contribution in [0.25, 0.3) is 5.65 Å². The molecule has 0 fully saturated rings. The van der Waals surface area contributed by atoms with Gasteiger partial charge in [-0.15, -0.1) is 0 Å². The average Bonchev–Trinajstić information content (AvgIpc) is 2.96. The molecule has 7 heteroatoms. The highest BCUT2D eigenvalue weighted by atomic mass is 16.1. The second kappa shape index (κ2) is 7.38. The molecular formula is C18H22N6O. The lowest BCUT2D eigenvalue weighted by molar-refractivity contribution is -0.121. The molecule has 1 amide bonds. The fraction of sp³-hybridized carbons (Fsp3) is 0.389. The second-order valence-electron chi connectivity index (χ2n) is 6.11. The number of aryl methyl sites for hydroxylation is 3. The summed E-state index contributed by atoms with van der Waals surface area (Å²) in [6.45, 7) is 6.52. The Morgan fingerprint density at radius 2 is 2.04 bits per heavy atom. The van der Waals surface area contributed by atoms with Gasteiger partial charge in [-0.1, -0.05) is 0 Å². The van der Waals surface area contributed by atoms with E-state index in [2.05, 4.69) is 25.4 Å². The zero-order chi connectivity index (χ0) is 17.8. The van der Waals surface area contributed by atoms with Gasteiger partial charge in [0.1, 0.15) is 0 Å². The lowest BCUT2D eigenvalue weighted by Gasteiger charge is -2.11. The third kappa shape index (κ3) is 3.99. The van der Waals surface area contributed by atoms with Crippen molar-refractivity contribution in [2.75, 3.05) is 6.54 Å². The van der Waals surface area contributed by atoms with Crippen LogP contribution in [0.1, 0.15) is 34.8 Å². The molecule has 0 saturated heterocycles. The van der Waals surface area contributed by atoms with E-state index in [0.717, 1.165) is 34.0 Å². The summed E-state index contributed by atoms with van der Waals surface area (Å²) < 4.78 is 1.85. The van der Waals surface area contributed by atoms with Crippen LogP contribution < -0.4 is 5.32 Å². The Bertz CT molecular complexity index is 887. The van der Waals surface area contributed by atoms with Gasteiger partial charge in [-0.3, -0.25) is 14.8 Å². The van der Waals surface area contributed by atoms with Gasteiger partial charge >= 0.3 is 0 Å². The zero-order valence-electron chi connectivity index (χ0n) is 14.8. The minimum absolute atomic E-state index is 0.0273. The summed E-state index contributed by atoms with van der Waals surface area (Å²) in [6, 6.07) is 1.96. The molecule has 3 aromatic rings. The van der Waals surface area contributed by atoms with Gasteiger partial charge in [0, 0.05) is 55.4 Å². The number of aromatic nitrogens is 5. The van der Waals surface area contributed by atoms with Crippen LogP contribution in [0.15, 0.2) is 24.7 Å². The summed E-state index contributed by atoms with van der Waals surface area (Å²) in [6.07, 6.45) is 6.76. The van der Waals surface area contributed by atoms with E-state index in [0.29, 0.717) is 25.8 Å². The predicted octanol–water partition coefficient (Wildman–Crippen LogP) is 1.74. The number of hydrogen-bond donors (Lipinski definition) is 1. The molecule has 25 heavy (non-hydrogen) atoms. The van der Waals surface area contributed by atoms with E-state index < -0.39 is 0 Å². The summed E-state index contributed by atoms with van der Waals surface area (Å²) in [5, 5.41) is 7.40. The summed E-state index contributed by atoms with van der Waals surface area (Å²) >= 11 is 0. The lowest BCUT2D eigenvalue weighted by atomic mass is 10.1. The van der Waals surface area contributed by atoms with E-state index >= 15 is 0 Å². The maximum atomic E-state index is 12.1. The molecule has 0 saturated carbocycles. The smallest absolute Gasteiger partial charge is 0.220 e. The molecule has 3 rings (SSSR count). The van der Waals surface area contributed by atoms with Gasteiger partial charge in [0.05, 0.1) is 11.4 Å². The SMILES string of the molecule is Cc1cc2nc(C)c(CCC(=O)NCCc3cnccn3)c(C)n2n1. The van der Waals surface area contributed by atoms with Crippen molar-refractivity contribution < 1.29 is 4.79 Å². The largest absolute Gasteiger partial charge is 0.356 e. The Morgan fingerprint density at radius 3 is 2.80 bits per heavy atom. The van der Waals surface area contributed by atoms with Gasteiger partial charge in [0.25, 0.3) is 0 Å². The van der Waals surface area contributed by atoms with Crippen LogP contribution in [0, 0.1) is 20.8 Å². The maximum absolute atomic E-state index is 12.1. The van der Waals surface area contributed by atoms with E-state index in [1.54, 1.807) is 18.6 Å². The molecule has 7 nitrogen and oxygen atoms in total. The summed E-state index contributed by atoms with van der Waals surface area (Å²) in [4.78, 5) is 24.9. The van der Waals surface area contributed by atoms with Crippen molar-refractivity contribution in [2.24, 2.45) is 0 Å². The first kappa shape index (κ1) is 17.0. The number of carbonyl (C=O) groups excluding carboxylic acids is 1. The van der Waals surface area contributed by atoms with Gasteiger partial charge in [-0.2, -0.15) is 5.10 Å². The van der Waals surface area contributed by atoms with Crippen molar-refractivity contribution in [3.8, 4) is 0 Å². The molecule has 0 aromatic carbocycles. The normalized spacial score (nSPS) is 11.0. The molecule has 130 valence electrons. The number of carbonyl (C=O) groups is 1. The van der Waals surface area contributed by atoms with Crippen LogP contribution in [0.5, 0.6) is 0 Å². The molecule has 3 heterocycles. The molecule has 3 aromatic heterocycles. The van der Waals surface area contributed by atoms with E-state index in [-0.39, 0.29) is 5.91 Å². The zero-order valence-corrected chi connectivity index (χ0v) is 14.8. The first-order chi connectivity index (χ1) is 12.0. The van der Waals surface area contributed by atoms with Gasteiger partial charge in [-0.05, 0) is 32.8 Å². The second-order valence-corrected chi connectivity index (χ2v) is 6.11. The van der Waals surface area contributed by atoms with Crippen molar-refractivity contribution in [1.82, 2.24) is 29.9 Å². The standard InChI is InChI=1S/C18H22N6O/c1-12-10-17-22-13(2)16(14(3)24(17)23-12)4-5-18(25)21-7-6-15-11-19-8-9-20-15/h8-11H,4-7H2,1-3H3,(H,21,25). The van der Waals surface area contributed by atoms with Gasteiger partial charge in [-0.25, -0.2) is 9.50 Å². The van der Waals surface area contributed by atoms with Gasteiger partial charge < -0.3 is 5.32 Å². The number of hydrogen-bond acceptors (Lipinski definition) is 5. The number of nitrogens with zero attached hydrogens (tertiary/aromatic N) is 5. The van der Waals surface area contributed by atoms with Crippen LogP contribution in [0.2, 0.25) is 0 Å². The highest BCUT2D eigenvalue weighted by molar-refractivity contribution is 5.76.